The smallest absolute Gasteiger partial charge is 0.336 e. The largest absolute Gasteiger partial charge is 0.496 e. The second kappa shape index (κ2) is 8.31. The molecule has 0 bridgehead atoms. The standard InChI is InChI=1S/C24H19NO6/c1-15-21(30-14-17-12-18(25(27)28)8-10-22(17)29-2)11-9-19-20(13-23(26)31-24(15)19)16-6-4-3-5-7-16/h3-13H,14H2,1-2H3. The molecule has 0 fully saturated rings. The third kappa shape index (κ3) is 3.98. The molecule has 7 heteroatoms. The average molecular weight is 417 g/mol. The molecular weight excluding hydrogens is 398 g/mol. The van der Waals surface area contributed by atoms with E-state index >= 15 is 0 Å². The summed E-state index contributed by atoms with van der Waals surface area (Å²) in [6.45, 7) is 1.86. The molecule has 0 saturated heterocycles. The zero-order chi connectivity index (χ0) is 22.0. The van der Waals surface area contributed by atoms with Crippen molar-refractivity contribution in [2.24, 2.45) is 0 Å². The van der Waals surface area contributed by atoms with E-state index in [1.165, 1.54) is 31.4 Å². The molecule has 0 aliphatic heterocycles. The number of benzene rings is 3. The van der Waals surface area contributed by atoms with Crippen LogP contribution < -0.4 is 15.1 Å². The van der Waals surface area contributed by atoms with Gasteiger partial charge in [-0.1, -0.05) is 30.3 Å². The number of methoxy groups -OCH3 is 1. The van der Waals surface area contributed by atoms with Gasteiger partial charge in [0.15, 0.2) is 0 Å². The van der Waals surface area contributed by atoms with Gasteiger partial charge in [0, 0.05) is 34.7 Å². The summed E-state index contributed by atoms with van der Waals surface area (Å²) in [5.74, 6) is 0.997. The third-order valence-corrected chi connectivity index (χ3v) is 5.05. The van der Waals surface area contributed by atoms with Gasteiger partial charge in [-0.2, -0.15) is 0 Å². The lowest BCUT2D eigenvalue weighted by Crippen LogP contribution is -2.03. The molecule has 0 aliphatic carbocycles. The molecule has 0 amide bonds. The van der Waals surface area contributed by atoms with Crippen LogP contribution in [0.15, 0.2) is 75.9 Å². The Bertz CT molecular complexity index is 1330. The van der Waals surface area contributed by atoms with Crippen molar-refractivity contribution in [1.82, 2.24) is 0 Å². The van der Waals surface area contributed by atoms with E-state index in [0.717, 1.165) is 16.5 Å². The molecule has 1 aromatic heterocycles. The molecule has 4 aromatic rings. The van der Waals surface area contributed by atoms with Crippen LogP contribution in [0, 0.1) is 17.0 Å². The van der Waals surface area contributed by atoms with Crippen LogP contribution in [-0.2, 0) is 6.61 Å². The molecule has 7 nitrogen and oxygen atoms in total. The maximum absolute atomic E-state index is 12.2. The van der Waals surface area contributed by atoms with E-state index in [-0.39, 0.29) is 12.3 Å². The summed E-state index contributed by atoms with van der Waals surface area (Å²) in [7, 11) is 1.49. The van der Waals surface area contributed by atoms with Gasteiger partial charge in [0.05, 0.1) is 12.0 Å². The van der Waals surface area contributed by atoms with Gasteiger partial charge in [-0.05, 0) is 36.2 Å². The molecule has 1 heterocycles. The van der Waals surface area contributed by atoms with E-state index in [1.807, 2.05) is 36.4 Å². The van der Waals surface area contributed by atoms with Crippen molar-refractivity contribution in [1.29, 1.82) is 0 Å². The minimum absolute atomic E-state index is 0.0480. The van der Waals surface area contributed by atoms with Crippen LogP contribution in [0.2, 0.25) is 0 Å². The average Bonchev–Trinajstić information content (AvgIpc) is 2.79. The summed E-state index contributed by atoms with van der Waals surface area (Å²) in [4.78, 5) is 22.8. The first-order valence-corrected chi connectivity index (χ1v) is 9.55. The maximum Gasteiger partial charge on any atom is 0.336 e. The van der Waals surface area contributed by atoms with Gasteiger partial charge < -0.3 is 13.9 Å². The number of hydrogen-bond donors (Lipinski definition) is 0. The predicted molar refractivity (Wildman–Crippen MR) is 117 cm³/mol. The van der Waals surface area contributed by atoms with E-state index in [9.17, 15) is 14.9 Å². The SMILES string of the molecule is COc1ccc([N+](=O)[O-])cc1COc1ccc2c(-c3ccccc3)cc(=O)oc2c1C. The van der Waals surface area contributed by atoms with Gasteiger partial charge >= 0.3 is 5.63 Å². The Hall–Kier alpha value is -4.13. The Labute approximate surface area is 177 Å². The highest BCUT2D eigenvalue weighted by Gasteiger charge is 2.15. The highest BCUT2D eigenvalue weighted by atomic mass is 16.6. The molecule has 0 aliphatic rings. The zero-order valence-corrected chi connectivity index (χ0v) is 17.0. The van der Waals surface area contributed by atoms with Gasteiger partial charge in [0.2, 0.25) is 0 Å². The third-order valence-electron chi connectivity index (χ3n) is 5.05. The second-order valence-corrected chi connectivity index (χ2v) is 6.95. The molecule has 0 unspecified atom stereocenters. The van der Waals surface area contributed by atoms with E-state index in [4.69, 9.17) is 13.9 Å². The molecule has 0 spiro atoms. The number of nitrogens with zero attached hydrogens (tertiary/aromatic N) is 1. The Morgan fingerprint density at radius 1 is 1.00 bits per heavy atom. The molecule has 0 radical (unpaired) electrons. The molecule has 156 valence electrons. The van der Waals surface area contributed by atoms with Gasteiger partial charge in [0.1, 0.15) is 23.7 Å². The number of hydrogen-bond acceptors (Lipinski definition) is 6. The fourth-order valence-corrected chi connectivity index (χ4v) is 3.50. The summed E-state index contributed by atoms with van der Waals surface area (Å²) < 4.78 is 16.7. The minimum atomic E-state index is -0.468. The van der Waals surface area contributed by atoms with E-state index in [2.05, 4.69) is 0 Å². The minimum Gasteiger partial charge on any atom is -0.496 e. The lowest BCUT2D eigenvalue weighted by molar-refractivity contribution is -0.385. The van der Waals surface area contributed by atoms with Crippen LogP contribution in [-0.4, -0.2) is 12.0 Å². The summed E-state index contributed by atoms with van der Waals surface area (Å²) >= 11 is 0. The number of fused-ring (bicyclic) bond motifs is 1. The zero-order valence-electron chi connectivity index (χ0n) is 17.0. The van der Waals surface area contributed by atoms with Gasteiger partial charge in [-0.3, -0.25) is 10.1 Å². The molecule has 0 atom stereocenters. The van der Waals surface area contributed by atoms with Crippen molar-refractivity contribution >= 4 is 16.7 Å². The van der Waals surface area contributed by atoms with Crippen LogP contribution in [0.1, 0.15) is 11.1 Å². The van der Waals surface area contributed by atoms with Crippen molar-refractivity contribution in [3.63, 3.8) is 0 Å². The van der Waals surface area contributed by atoms with Gasteiger partial charge in [0.25, 0.3) is 5.69 Å². The Balaban J connectivity index is 1.72. The van der Waals surface area contributed by atoms with Crippen molar-refractivity contribution in [2.75, 3.05) is 7.11 Å². The van der Waals surface area contributed by atoms with Crippen molar-refractivity contribution in [3.05, 3.63) is 98.4 Å². The quantitative estimate of drug-likeness (QED) is 0.241. The summed E-state index contributed by atoms with van der Waals surface area (Å²) in [6.07, 6.45) is 0. The molecular formula is C24H19NO6. The van der Waals surface area contributed by atoms with E-state index in [0.29, 0.717) is 28.2 Å². The monoisotopic (exact) mass is 417 g/mol. The second-order valence-electron chi connectivity index (χ2n) is 6.95. The fourth-order valence-electron chi connectivity index (χ4n) is 3.50. The molecule has 3 aromatic carbocycles. The van der Waals surface area contributed by atoms with Gasteiger partial charge in [-0.15, -0.1) is 0 Å². The van der Waals surface area contributed by atoms with E-state index < -0.39 is 10.5 Å². The highest BCUT2D eigenvalue weighted by molar-refractivity contribution is 5.95. The molecule has 0 N–H and O–H groups in total. The Morgan fingerprint density at radius 2 is 1.74 bits per heavy atom. The van der Waals surface area contributed by atoms with Crippen LogP contribution in [0.5, 0.6) is 11.5 Å². The molecule has 0 saturated carbocycles. The Kier molecular flexibility index (Phi) is 5.41. The lowest BCUT2D eigenvalue weighted by atomic mass is 10.0. The van der Waals surface area contributed by atoms with Gasteiger partial charge in [-0.25, -0.2) is 4.79 Å². The first-order valence-electron chi connectivity index (χ1n) is 9.55. The van der Waals surface area contributed by atoms with Crippen LogP contribution in [0.3, 0.4) is 0 Å². The van der Waals surface area contributed by atoms with Crippen molar-refractivity contribution in [3.8, 4) is 22.6 Å². The first kappa shape index (κ1) is 20.2. The first-order chi connectivity index (χ1) is 15.0. The number of aryl methyl sites for hydroxylation is 1. The van der Waals surface area contributed by atoms with Crippen LogP contribution in [0.25, 0.3) is 22.1 Å². The number of nitro benzene ring substituents is 1. The summed E-state index contributed by atoms with van der Waals surface area (Å²) in [5, 5.41) is 11.9. The van der Waals surface area contributed by atoms with Crippen LogP contribution in [0.4, 0.5) is 5.69 Å². The number of nitro groups is 1. The predicted octanol–water partition coefficient (Wildman–Crippen LogP) is 5.26. The number of non-ortho nitro benzene ring substituents is 1. The Morgan fingerprint density at radius 3 is 2.45 bits per heavy atom. The number of ether oxygens (including phenoxy) is 2. The molecule has 31 heavy (non-hydrogen) atoms. The van der Waals surface area contributed by atoms with Crippen molar-refractivity contribution in [2.45, 2.75) is 13.5 Å². The van der Waals surface area contributed by atoms with E-state index in [1.54, 1.807) is 13.0 Å². The fraction of sp³-hybridized carbons (Fsp3) is 0.125. The van der Waals surface area contributed by atoms with Crippen molar-refractivity contribution < 1.29 is 18.8 Å². The topological polar surface area (TPSA) is 91.8 Å². The molecule has 4 rings (SSSR count). The normalized spacial score (nSPS) is 10.8. The van der Waals surface area contributed by atoms with Crippen LogP contribution >= 0.6 is 0 Å². The summed E-state index contributed by atoms with van der Waals surface area (Å²) in [5.41, 5.74) is 2.83. The number of rotatable bonds is 6. The summed E-state index contributed by atoms with van der Waals surface area (Å²) in [6, 6.07) is 19.1. The maximum atomic E-state index is 12.2. The highest BCUT2D eigenvalue weighted by Crippen LogP contribution is 2.34. The lowest BCUT2D eigenvalue weighted by Gasteiger charge is -2.14.